The highest BCUT2D eigenvalue weighted by atomic mass is 16.2. The molecule has 3 heteroatoms. The number of nitrogens with one attached hydrogen (secondary N) is 1. The Morgan fingerprint density at radius 3 is 2.46 bits per heavy atom. The number of hydrogen-bond acceptors (Lipinski definition) is 1. The van der Waals surface area contributed by atoms with Gasteiger partial charge < -0.3 is 10.2 Å². The lowest BCUT2D eigenvalue weighted by molar-refractivity contribution is 0.151. The zero-order valence-electron chi connectivity index (χ0n) is 14.2. The van der Waals surface area contributed by atoms with Crippen LogP contribution < -0.4 is 5.32 Å². The molecule has 1 atom stereocenters. The molecule has 0 saturated carbocycles. The summed E-state index contributed by atoms with van der Waals surface area (Å²) in [7, 11) is 0. The van der Waals surface area contributed by atoms with Gasteiger partial charge in [0, 0.05) is 13.1 Å². The van der Waals surface area contributed by atoms with Crippen molar-refractivity contribution in [3.8, 4) is 0 Å². The number of urea groups is 1. The summed E-state index contributed by atoms with van der Waals surface area (Å²) in [5.41, 5.74) is 2.57. The van der Waals surface area contributed by atoms with Crippen LogP contribution in [0.5, 0.6) is 0 Å². The lowest BCUT2D eigenvalue weighted by Crippen LogP contribution is -2.44. The molecule has 0 bridgehead atoms. The molecule has 1 fully saturated rings. The van der Waals surface area contributed by atoms with Crippen molar-refractivity contribution in [3.05, 3.63) is 71.8 Å². The van der Waals surface area contributed by atoms with Crippen molar-refractivity contribution in [2.45, 2.75) is 38.1 Å². The van der Waals surface area contributed by atoms with Gasteiger partial charge in [0.25, 0.3) is 0 Å². The summed E-state index contributed by atoms with van der Waals surface area (Å²) in [5, 5.41) is 3.11. The fraction of sp³-hybridized carbons (Fsp3) is 0.381. The maximum Gasteiger partial charge on any atom is 0.317 e. The Kier molecular flexibility index (Phi) is 5.89. The molecule has 24 heavy (non-hydrogen) atoms. The largest absolute Gasteiger partial charge is 0.338 e. The van der Waals surface area contributed by atoms with Crippen LogP contribution in [0.1, 0.15) is 42.9 Å². The normalized spacial score (nSPS) is 17.5. The van der Waals surface area contributed by atoms with Gasteiger partial charge in [-0.1, -0.05) is 60.7 Å². The SMILES string of the molecule is O=C(NCCCc1ccccc1)N1CCCCC1c1ccccc1. The number of amides is 2. The minimum Gasteiger partial charge on any atom is -0.338 e. The van der Waals surface area contributed by atoms with Crippen molar-refractivity contribution in [1.29, 1.82) is 0 Å². The van der Waals surface area contributed by atoms with Crippen molar-refractivity contribution < 1.29 is 4.79 Å². The Morgan fingerprint density at radius 2 is 1.71 bits per heavy atom. The number of nitrogens with zero attached hydrogens (tertiary/aromatic N) is 1. The van der Waals surface area contributed by atoms with E-state index in [9.17, 15) is 4.79 Å². The van der Waals surface area contributed by atoms with Crippen LogP contribution in [0.4, 0.5) is 4.79 Å². The van der Waals surface area contributed by atoms with Gasteiger partial charge in [-0.3, -0.25) is 0 Å². The Morgan fingerprint density at radius 1 is 1.00 bits per heavy atom. The first-order chi connectivity index (χ1) is 11.8. The summed E-state index contributed by atoms with van der Waals surface area (Å²) in [5.74, 6) is 0. The number of rotatable bonds is 5. The molecule has 3 rings (SSSR count). The van der Waals surface area contributed by atoms with Crippen molar-refractivity contribution >= 4 is 6.03 Å². The molecule has 3 nitrogen and oxygen atoms in total. The van der Waals surface area contributed by atoms with Crippen LogP contribution in [0.2, 0.25) is 0 Å². The third-order valence-corrected chi connectivity index (χ3v) is 4.71. The van der Waals surface area contributed by atoms with E-state index in [1.54, 1.807) is 0 Å². The van der Waals surface area contributed by atoms with Crippen LogP contribution in [-0.2, 0) is 6.42 Å². The number of carbonyl (C=O) groups excluding carboxylic acids is 1. The zero-order valence-corrected chi connectivity index (χ0v) is 14.2. The topological polar surface area (TPSA) is 32.3 Å². The molecule has 1 saturated heterocycles. The molecule has 0 aliphatic carbocycles. The summed E-state index contributed by atoms with van der Waals surface area (Å²) in [4.78, 5) is 14.6. The van der Waals surface area contributed by atoms with E-state index in [0.717, 1.165) is 38.8 Å². The lowest BCUT2D eigenvalue weighted by atomic mass is 9.95. The molecule has 0 aromatic heterocycles. The number of likely N-dealkylation sites (tertiary alicyclic amines) is 1. The van der Waals surface area contributed by atoms with Crippen LogP contribution in [0, 0.1) is 0 Å². The summed E-state index contributed by atoms with van der Waals surface area (Å²) in [6.45, 7) is 1.58. The maximum atomic E-state index is 12.6. The van der Waals surface area contributed by atoms with Gasteiger partial charge in [-0.15, -0.1) is 0 Å². The van der Waals surface area contributed by atoms with Crippen molar-refractivity contribution in [3.63, 3.8) is 0 Å². The second-order valence-electron chi connectivity index (χ2n) is 6.44. The van der Waals surface area contributed by atoms with E-state index in [-0.39, 0.29) is 12.1 Å². The quantitative estimate of drug-likeness (QED) is 0.804. The summed E-state index contributed by atoms with van der Waals surface area (Å²) >= 11 is 0. The average molecular weight is 322 g/mol. The second kappa shape index (κ2) is 8.53. The Labute approximate surface area is 144 Å². The van der Waals surface area contributed by atoms with Gasteiger partial charge in [-0.05, 0) is 43.2 Å². The fourth-order valence-electron chi connectivity index (χ4n) is 3.43. The van der Waals surface area contributed by atoms with Gasteiger partial charge in [-0.2, -0.15) is 0 Å². The molecule has 126 valence electrons. The van der Waals surface area contributed by atoms with Crippen LogP contribution in [0.15, 0.2) is 60.7 Å². The number of aryl methyl sites for hydroxylation is 1. The van der Waals surface area contributed by atoms with E-state index in [4.69, 9.17) is 0 Å². The van der Waals surface area contributed by atoms with E-state index >= 15 is 0 Å². The van der Waals surface area contributed by atoms with Crippen molar-refractivity contribution in [1.82, 2.24) is 10.2 Å². The molecule has 2 aromatic rings. The maximum absolute atomic E-state index is 12.6. The van der Waals surface area contributed by atoms with Crippen LogP contribution in [-0.4, -0.2) is 24.0 Å². The zero-order chi connectivity index (χ0) is 16.6. The summed E-state index contributed by atoms with van der Waals surface area (Å²) in [6.07, 6.45) is 5.32. The van der Waals surface area contributed by atoms with Gasteiger partial charge in [0.1, 0.15) is 0 Å². The highest BCUT2D eigenvalue weighted by Gasteiger charge is 2.27. The van der Waals surface area contributed by atoms with Gasteiger partial charge in [0.15, 0.2) is 0 Å². The Bertz CT molecular complexity index is 627. The standard InChI is InChI=1S/C21H26N2O/c24-21(22-16-9-12-18-10-3-1-4-11-18)23-17-8-7-15-20(23)19-13-5-2-6-14-19/h1-6,10-11,13-14,20H,7-9,12,15-17H2,(H,22,24). The first-order valence-electron chi connectivity index (χ1n) is 8.98. The third kappa shape index (κ3) is 4.38. The van der Waals surface area contributed by atoms with Crippen LogP contribution >= 0.6 is 0 Å². The fourth-order valence-corrected chi connectivity index (χ4v) is 3.43. The molecule has 1 aliphatic rings. The minimum atomic E-state index is 0.0802. The number of piperidine rings is 1. The van der Waals surface area contributed by atoms with E-state index in [1.807, 2.05) is 17.0 Å². The molecule has 1 heterocycles. The molecule has 2 amide bonds. The predicted octanol–water partition coefficient (Wildman–Crippen LogP) is 4.56. The number of hydrogen-bond donors (Lipinski definition) is 1. The monoisotopic (exact) mass is 322 g/mol. The van der Waals surface area contributed by atoms with Crippen molar-refractivity contribution in [2.24, 2.45) is 0 Å². The van der Waals surface area contributed by atoms with Gasteiger partial charge >= 0.3 is 6.03 Å². The minimum absolute atomic E-state index is 0.0802. The molecule has 1 aliphatic heterocycles. The average Bonchev–Trinajstić information content (AvgIpc) is 2.66. The third-order valence-electron chi connectivity index (χ3n) is 4.71. The van der Waals surface area contributed by atoms with E-state index in [1.165, 1.54) is 17.5 Å². The number of carbonyl (C=O) groups is 1. The molecule has 1 unspecified atom stereocenters. The first-order valence-corrected chi connectivity index (χ1v) is 8.98. The van der Waals surface area contributed by atoms with E-state index in [0.29, 0.717) is 0 Å². The summed E-state index contributed by atoms with van der Waals surface area (Å²) < 4.78 is 0. The molecular formula is C21H26N2O. The molecule has 2 aromatic carbocycles. The van der Waals surface area contributed by atoms with Crippen molar-refractivity contribution in [2.75, 3.05) is 13.1 Å². The Hall–Kier alpha value is -2.29. The molecule has 0 spiro atoms. The van der Waals surface area contributed by atoms with Gasteiger partial charge in [0.2, 0.25) is 0 Å². The van der Waals surface area contributed by atoms with Crippen LogP contribution in [0.25, 0.3) is 0 Å². The van der Waals surface area contributed by atoms with Gasteiger partial charge in [-0.25, -0.2) is 4.79 Å². The highest BCUT2D eigenvalue weighted by Crippen LogP contribution is 2.30. The number of benzene rings is 2. The van der Waals surface area contributed by atoms with E-state index in [2.05, 4.69) is 53.8 Å². The first kappa shape index (κ1) is 16.6. The van der Waals surface area contributed by atoms with Crippen LogP contribution in [0.3, 0.4) is 0 Å². The highest BCUT2D eigenvalue weighted by molar-refractivity contribution is 5.74. The van der Waals surface area contributed by atoms with E-state index < -0.39 is 0 Å². The summed E-state index contributed by atoms with van der Waals surface area (Å²) in [6, 6.07) is 21.1. The predicted molar refractivity (Wildman–Crippen MR) is 97.9 cm³/mol. The second-order valence-corrected chi connectivity index (χ2v) is 6.44. The molecule has 0 radical (unpaired) electrons. The van der Waals surface area contributed by atoms with Gasteiger partial charge in [0.05, 0.1) is 6.04 Å². The molecular weight excluding hydrogens is 296 g/mol. The lowest BCUT2D eigenvalue weighted by Gasteiger charge is -2.36. The Balaban J connectivity index is 1.51. The molecule has 1 N–H and O–H groups in total. The smallest absolute Gasteiger partial charge is 0.317 e.